The second kappa shape index (κ2) is 11.3. The molecule has 1 fully saturated rings. The van der Waals surface area contributed by atoms with Crippen LogP contribution in [0, 0.1) is 0 Å². The van der Waals surface area contributed by atoms with Gasteiger partial charge in [0.05, 0.1) is 18.3 Å². The molecule has 1 atom stereocenters. The summed E-state index contributed by atoms with van der Waals surface area (Å²) in [5.74, 6) is 0.0637. The Kier molecular flexibility index (Phi) is 8.23. The third-order valence-corrected chi connectivity index (χ3v) is 4.74. The minimum atomic E-state index is -0.280. The number of ether oxygens (including phenoxy) is 3. The van der Waals surface area contributed by atoms with Crippen molar-refractivity contribution >= 4 is 17.5 Å². The standard InChI is InChI=1S/C23H28N2O5/c1-2-28-14-15-30-21-8-4-3-7-20(21)23(27)25-18-11-9-17(10-12-18)22(26)24-16-19-6-5-13-29-19/h3-4,7-12,19H,2,5-6,13-16H2,1H3,(H,24,26)(H,25,27). The Hall–Kier alpha value is -2.90. The average Bonchev–Trinajstić information content (AvgIpc) is 3.29. The van der Waals surface area contributed by atoms with Gasteiger partial charge in [-0.25, -0.2) is 0 Å². The van der Waals surface area contributed by atoms with E-state index in [0.29, 0.717) is 48.9 Å². The molecule has 1 heterocycles. The van der Waals surface area contributed by atoms with E-state index in [1.807, 2.05) is 13.0 Å². The first-order valence-corrected chi connectivity index (χ1v) is 10.3. The fourth-order valence-electron chi connectivity index (χ4n) is 3.15. The summed E-state index contributed by atoms with van der Waals surface area (Å²) in [5.41, 5.74) is 1.57. The molecule has 0 spiro atoms. The molecule has 2 aromatic rings. The van der Waals surface area contributed by atoms with E-state index in [2.05, 4.69) is 10.6 Å². The smallest absolute Gasteiger partial charge is 0.259 e. The first-order chi connectivity index (χ1) is 14.7. The molecule has 2 N–H and O–H groups in total. The van der Waals surface area contributed by atoms with Crippen molar-refractivity contribution in [2.24, 2.45) is 0 Å². The summed E-state index contributed by atoms with van der Waals surface area (Å²) in [6.45, 7) is 4.64. The van der Waals surface area contributed by atoms with Gasteiger partial charge in [-0.2, -0.15) is 0 Å². The van der Waals surface area contributed by atoms with Gasteiger partial charge in [0, 0.05) is 31.0 Å². The highest BCUT2D eigenvalue weighted by molar-refractivity contribution is 6.06. The van der Waals surface area contributed by atoms with Crippen LogP contribution in [0.1, 0.15) is 40.5 Å². The number of hydrogen-bond donors (Lipinski definition) is 2. The van der Waals surface area contributed by atoms with Crippen molar-refractivity contribution in [1.82, 2.24) is 5.32 Å². The van der Waals surface area contributed by atoms with Crippen molar-refractivity contribution in [3.05, 3.63) is 59.7 Å². The maximum Gasteiger partial charge on any atom is 0.259 e. The lowest BCUT2D eigenvalue weighted by atomic mass is 10.1. The molecule has 160 valence electrons. The maximum atomic E-state index is 12.7. The van der Waals surface area contributed by atoms with Crippen LogP contribution in [0.2, 0.25) is 0 Å². The Morgan fingerprint density at radius 1 is 1.07 bits per heavy atom. The number of rotatable bonds is 10. The van der Waals surface area contributed by atoms with E-state index < -0.39 is 0 Å². The molecule has 0 aromatic heterocycles. The van der Waals surface area contributed by atoms with Gasteiger partial charge < -0.3 is 24.8 Å². The Balaban J connectivity index is 1.54. The fraction of sp³-hybridized carbons (Fsp3) is 0.391. The zero-order valence-electron chi connectivity index (χ0n) is 17.2. The summed E-state index contributed by atoms with van der Waals surface area (Å²) in [7, 11) is 0. The van der Waals surface area contributed by atoms with Crippen LogP contribution in [0.4, 0.5) is 5.69 Å². The van der Waals surface area contributed by atoms with E-state index in [9.17, 15) is 9.59 Å². The van der Waals surface area contributed by atoms with Gasteiger partial charge in [-0.05, 0) is 56.2 Å². The molecule has 2 amide bonds. The first kappa shape index (κ1) is 21.8. The Morgan fingerprint density at radius 2 is 1.87 bits per heavy atom. The number of amides is 2. The molecule has 2 aromatic carbocycles. The summed E-state index contributed by atoms with van der Waals surface area (Å²) in [4.78, 5) is 24.9. The van der Waals surface area contributed by atoms with Gasteiger partial charge in [0.15, 0.2) is 0 Å². The quantitative estimate of drug-likeness (QED) is 0.585. The van der Waals surface area contributed by atoms with Crippen molar-refractivity contribution in [1.29, 1.82) is 0 Å². The van der Waals surface area contributed by atoms with E-state index in [0.717, 1.165) is 19.4 Å². The average molecular weight is 412 g/mol. The van der Waals surface area contributed by atoms with Crippen LogP contribution in [0.25, 0.3) is 0 Å². The molecule has 0 bridgehead atoms. The van der Waals surface area contributed by atoms with Crippen molar-refractivity contribution in [3.8, 4) is 5.75 Å². The van der Waals surface area contributed by atoms with Crippen LogP contribution >= 0.6 is 0 Å². The number of carbonyl (C=O) groups excluding carboxylic acids is 2. The zero-order valence-corrected chi connectivity index (χ0v) is 17.2. The van der Waals surface area contributed by atoms with E-state index >= 15 is 0 Å². The van der Waals surface area contributed by atoms with Crippen LogP contribution in [0.15, 0.2) is 48.5 Å². The molecule has 0 radical (unpaired) electrons. The topological polar surface area (TPSA) is 85.9 Å². The predicted molar refractivity (Wildman–Crippen MR) is 114 cm³/mol. The summed E-state index contributed by atoms with van der Waals surface area (Å²) < 4.78 is 16.4. The molecule has 1 saturated heterocycles. The van der Waals surface area contributed by atoms with Crippen molar-refractivity contribution in [3.63, 3.8) is 0 Å². The number of anilines is 1. The molecule has 1 unspecified atom stereocenters. The van der Waals surface area contributed by atoms with Gasteiger partial charge in [0.1, 0.15) is 12.4 Å². The highest BCUT2D eigenvalue weighted by atomic mass is 16.5. The molecule has 0 saturated carbocycles. The predicted octanol–water partition coefficient (Wildman–Crippen LogP) is 3.26. The van der Waals surface area contributed by atoms with Crippen LogP contribution in [0.5, 0.6) is 5.75 Å². The van der Waals surface area contributed by atoms with E-state index in [4.69, 9.17) is 14.2 Å². The number of hydrogen-bond acceptors (Lipinski definition) is 5. The summed E-state index contributed by atoms with van der Waals surface area (Å²) in [6.07, 6.45) is 2.11. The van der Waals surface area contributed by atoms with Crippen LogP contribution < -0.4 is 15.4 Å². The first-order valence-electron chi connectivity index (χ1n) is 10.3. The number of benzene rings is 2. The second-order valence-electron chi connectivity index (χ2n) is 6.92. The summed E-state index contributed by atoms with van der Waals surface area (Å²) >= 11 is 0. The van der Waals surface area contributed by atoms with Gasteiger partial charge in [-0.3, -0.25) is 9.59 Å². The van der Waals surface area contributed by atoms with Crippen molar-refractivity contribution in [2.75, 3.05) is 38.3 Å². The molecule has 1 aliphatic rings. The number of para-hydroxylation sites is 1. The lowest BCUT2D eigenvalue weighted by Gasteiger charge is -2.12. The van der Waals surface area contributed by atoms with Gasteiger partial charge >= 0.3 is 0 Å². The number of nitrogens with one attached hydrogen (secondary N) is 2. The number of carbonyl (C=O) groups is 2. The van der Waals surface area contributed by atoms with Gasteiger partial charge in [-0.15, -0.1) is 0 Å². The molecule has 30 heavy (non-hydrogen) atoms. The molecule has 7 heteroatoms. The highest BCUT2D eigenvalue weighted by Crippen LogP contribution is 2.20. The van der Waals surface area contributed by atoms with Crippen LogP contribution in [0.3, 0.4) is 0 Å². The summed E-state index contributed by atoms with van der Waals surface area (Å²) in [6, 6.07) is 13.8. The van der Waals surface area contributed by atoms with E-state index in [1.165, 1.54) is 0 Å². The Bertz CT molecular complexity index is 832. The van der Waals surface area contributed by atoms with Crippen LogP contribution in [-0.2, 0) is 9.47 Å². The zero-order chi connectivity index (χ0) is 21.2. The Labute approximate surface area is 176 Å². The Morgan fingerprint density at radius 3 is 2.60 bits per heavy atom. The third-order valence-electron chi connectivity index (χ3n) is 4.74. The largest absolute Gasteiger partial charge is 0.490 e. The summed E-state index contributed by atoms with van der Waals surface area (Å²) in [5, 5.41) is 5.73. The SMILES string of the molecule is CCOCCOc1ccccc1C(=O)Nc1ccc(C(=O)NCC2CCCO2)cc1. The van der Waals surface area contributed by atoms with E-state index in [-0.39, 0.29) is 17.9 Å². The minimum Gasteiger partial charge on any atom is -0.490 e. The van der Waals surface area contributed by atoms with Crippen molar-refractivity contribution < 1.29 is 23.8 Å². The minimum absolute atomic E-state index is 0.100. The highest BCUT2D eigenvalue weighted by Gasteiger charge is 2.17. The monoisotopic (exact) mass is 412 g/mol. The lowest BCUT2D eigenvalue weighted by Crippen LogP contribution is -2.31. The molecule has 1 aliphatic heterocycles. The van der Waals surface area contributed by atoms with Gasteiger partial charge in [0.2, 0.25) is 0 Å². The second-order valence-corrected chi connectivity index (χ2v) is 6.92. The van der Waals surface area contributed by atoms with Gasteiger partial charge in [0.25, 0.3) is 11.8 Å². The molecule has 0 aliphatic carbocycles. The molecule has 3 rings (SSSR count). The van der Waals surface area contributed by atoms with E-state index in [1.54, 1.807) is 42.5 Å². The molecular weight excluding hydrogens is 384 g/mol. The molecule has 7 nitrogen and oxygen atoms in total. The third kappa shape index (κ3) is 6.30. The maximum absolute atomic E-state index is 12.7. The molecular formula is C23H28N2O5. The fourth-order valence-corrected chi connectivity index (χ4v) is 3.15. The normalized spacial score (nSPS) is 15.6. The van der Waals surface area contributed by atoms with Crippen LogP contribution in [-0.4, -0.2) is 50.9 Å². The van der Waals surface area contributed by atoms with Gasteiger partial charge in [-0.1, -0.05) is 12.1 Å². The van der Waals surface area contributed by atoms with Crippen molar-refractivity contribution in [2.45, 2.75) is 25.9 Å². The lowest BCUT2D eigenvalue weighted by molar-refractivity contribution is 0.0857.